The van der Waals surface area contributed by atoms with E-state index in [4.69, 9.17) is 16.1 Å². The molecule has 1 atom stereocenters. The first-order valence-corrected chi connectivity index (χ1v) is 12.1. The van der Waals surface area contributed by atoms with Crippen molar-refractivity contribution < 1.29 is 39.3 Å². The number of hydrogen-bond acceptors (Lipinski definition) is 5. The fraction of sp³-hybridized carbons (Fsp3) is 0.200. The second-order valence-corrected chi connectivity index (χ2v) is 10.2. The molecule has 0 bridgehead atoms. The Morgan fingerprint density at radius 1 is 1.14 bits per heavy atom. The molecule has 1 aliphatic rings. The van der Waals surface area contributed by atoms with Gasteiger partial charge < -0.3 is 4.52 Å². The van der Waals surface area contributed by atoms with Gasteiger partial charge in [-0.1, -0.05) is 16.8 Å². The van der Waals surface area contributed by atoms with E-state index >= 15 is 4.39 Å². The number of fused-ring (bicyclic) bond motifs is 2. The molecule has 5 rings (SSSR count). The lowest BCUT2D eigenvalue weighted by Gasteiger charge is -2.18. The minimum absolute atomic E-state index is 0.284. The average Bonchev–Trinajstić information content (AvgIpc) is 3.36. The van der Waals surface area contributed by atoms with Crippen LogP contribution in [0.5, 0.6) is 0 Å². The van der Waals surface area contributed by atoms with E-state index in [1.54, 1.807) is 4.72 Å². The van der Waals surface area contributed by atoms with E-state index in [0.717, 1.165) is 6.07 Å². The van der Waals surface area contributed by atoms with Gasteiger partial charge >= 0.3 is 11.6 Å². The highest BCUT2D eigenvalue weighted by Crippen LogP contribution is 2.42. The van der Waals surface area contributed by atoms with E-state index in [0.29, 0.717) is 21.6 Å². The number of imidazole rings is 1. The minimum Gasteiger partial charge on any atom is -0.354 e. The minimum atomic E-state index is -4.06. The van der Waals surface area contributed by atoms with E-state index in [-0.39, 0.29) is 17.7 Å². The quantitative estimate of drug-likeness (QED) is 0.390. The zero-order valence-corrected chi connectivity index (χ0v) is 19.2. The standard InChI is InChI=1S/C20H11ClF6N4O4S/c1-36(33,34)29-12-5-30-13(20(12,26)27)6-31(19(30)32)18-15-11(35-28-18)4-8(21)17(25)16(15)14-9(23)2-7(22)3-10(14)24/h2-4,6,12,29H,5H2,1H3/t12-/m1/s1. The number of sulfonamides is 1. The Bertz CT molecular complexity index is 1720. The van der Waals surface area contributed by atoms with E-state index in [1.165, 1.54) is 0 Å². The van der Waals surface area contributed by atoms with Crippen LogP contribution in [0.4, 0.5) is 26.3 Å². The molecule has 190 valence electrons. The third-order valence-electron chi connectivity index (χ3n) is 5.60. The molecule has 2 aromatic heterocycles. The van der Waals surface area contributed by atoms with Gasteiger partial charge in [0.1, 0.15) is 29.2 Å². The largest absolute Gasteiger partial charge is 0.354 e. The maximum atomic E-state index is 15.1. The number of aromatic nitrogens is 3. The van der Waals surface area contributed by atoms with Crippen LogP contribution in [0.2, 0.25) is 5.02 Å². The molecule has 0 aliphatic carbocycles. The molecule has 0 saturated heterocycles. The zero-order valence-electron chi connectivity index (χ0n) is 17.6. The highest BCUT2D eigenvalue weighted by molar-refractivity contribution is 7.88. The number of benzene rings is 2. The maximum Gasteiger partial charge on any atom is 0.334 e. The summed E-state index contributed by atoms with van der Waals surface area (Å²) in [5, 5.41) is 2.42. The molecule has 0 radical (unpaired) electrons. The van der Waals surface area contributed by atoms with Crippen molar-refractivity contribution in [1.82, 2.24) is 19.0 Å². The van der Waals surface area contributed by atoms with Gasteiger partial charge in [-0.25, -0.2) is 40.1 Å². The van der Waals surface area contributed by atoms with Gasteiger partial charge in [0.25, 0.3) is 0 Å². The smallest absolute Gasteiger partial charge is 0.334 e. The van der Waals surface area contributed by atoms with Gasteiger partial charge in [-0.2, -0.15) is 8.78 Å². The van der Waals surface area contributed by atoms with E-state index < -0.39 is 90.5 Å². The molecule has 16 heteroatoms. The number of halogens is 7. The first kappa shape index (κ1) is 24.4. The molecular formula is C20H11ClF6N4O4S. The Kier molecular flexibility index (Phi) is 5.32. The Labute approximate surface area is 201 Å². The van der Waals surface area contributed by atoms with Crippen LogP contribution in [-0.4, -0.2) is 35.0 Å². The van der Waals surface area contributed by atoms with Crippen LogP contribution in [0.15, 0.2) is 33.7 Å². The number of alkyl halides is 2. The molecular weight excluding hydrogens is 542 g/mol. The first-order chi connectivity index (χ1) is 16.7. The average molecular weight is 553 g/mol. The number of nitrogens with zero attached hydrogens (tertiary/aromatic N) is 3. The number of rotatable bonds is 4. The Balaban J connectivity index is 1.76. The predicted molar refractivity (Wildman–Crippen MR) is 114 cm³/mol. The monoisotopic (exact) mass is 552 g/mol. The fourth-order valence-electron chi connectivity index (χ4n) is 4.14. The second kappa shape index (κ2) is 7.85. The second-order valence-electron chi connectivity index (χ2n) is 8.01. The van der Waals surface area contributed by atoms with Gasteiger partial charge in [-0.3, -0.25) is 4.57 Å². The lowest BCUT2D eigenvalue weighted by molar-refractivity contribution is -0.0248. The molecule has 1 aliphatic heterocycles. The topological polar surface area (TPSA) is 99.1 Å². The SMILES string of the molecule is CS(=O)(=O)N[C@@H]1Cn2c(cn(-c3noc4cc(Cl)c(F)c(-c5c(F)cc(F)cc5F)c34)c2=O)C1(F)F. The highest BCUT2D eigenvalue weighted by atomic mass is 35.5. The normalized spacial score (nSPS) is 17.2. The van der Waals surface area contributed by atoms with Gasteiger partial charge in [0.15, 0.2) is 17.2 Å². The summed E-state index contributed by atoms with van der Waals surface area (Å²) in [6, 6.07) is -0.507. The molecule has 1 N–H and O–H groups in total. The summed E-state index contributed by atoms with van der Waals surface area (Å²) in [5.41, 5.74) is -4.37. The van der Waals surface area contributed by atoms with Crippen molar-refractivity contribution in [3.05, 3.63) is 68.9 Å². The summed E-state index contributed by atoms with van der Waals surface area (Å²) in [6.07, 6.45) is 1.29. The lowest BCUT2D eigenvalue weighted by Crippen LogP contribution is -2.44. The van der Waals surface area contributed by atoms with Crippen molar-refractivity contribution in [2.75, 3.05) is 6.26 Å². The van der Waals surface area contributed by atoms with Crippen molar-refractivity contribution in [3.63, 3.8) is 0 Å². The number of hydrogen-bond donors (Lipinski definition) is 1. The van der Waals surface area contributed by atoms with Crippen LogP contribution in [-0.2, 0) is 22.5 Å². The molecule has 8 nitrogen and oxygen atoms in total. The van der Waals surface area contributed by atoms with E-state index in [9.17, 15) is 35.2 Å². The molecule has 0 spiro atoms. The van der Waals surface area contributed by atoms with Gasteiger partial charge in [0.2, 0.25) is 10.0 Å². The summed E-state index contributed by atoms with van der Waals surface area (Å²) < 4.78 is 118. The lowest BCUT2D eigenvalue weighted by atomic mass is 9.99. The van der Waals surface area contributed by atoms with Crippen LogP contribution in [0.1, 0.15) is 5.69 Å². The van der Waals surface area contributed by atoms with Crippen molar-refractivity contribution in [1.29, 1.82) is 0 Å². The van der Waals surface area contributed by atoms with Crippen molar-refractivity contribution in [2.45, 2.75) is 18.5 Å². The van der Waals surface area contributed by atoms with Crippen LogP contribution in [0.3, 0.4) is 0 Å². The van der Waals surface area contributed by atoms with Gasteiger partial charge in [0, 0.05) is 30.0 Å². The summed E-state index contributed by atoms with van der Waals surface area (Å²) in [4.78, 5) is 13.0. The molecule has 36 heavy (non-hydrogen) atoms. The summed E-state index contributed by atoms with van der Waals surface area (Å²) in [5.74, 6) is -10.2. The van der Waals surface area contributed by atoms with Crippen LogP contribution in [0.25, 0.3) is 27.9 Å². The predicted octanol–water partition coefficient (Wildman–Crippen LogP) is 3.68. The molecule has 0 fully saturated rings. The van der Waals surface area contributed by atoms with Crippen molar-refractivity contribution >= 4 is 32.6 Å². The maximum absolute atomic E-state index is 15.1. The Hall–Kier alpha value is -3.30. The van der Waals surface area contributed by atoms with Gasteiger partial charge in [0.05, 0.1) is 28.8 Å². The van der Waals surface area contributed by atoms with Crippen molar-refractivity contribution in [2.24, 2.45) is 0 Å². The summed E-state index contributed by atoms with van der Waals surface area (Å²) in [7, 11) is -4.06. The molecule has 4 aromatic rings. The molecule has 0 saturated carbocycles. The first-order valence-electron chi connectivity index (χ1n) is 9.81. The molecule has 2 aromatic carbocycles. The van der Waals surface area contributed by atoms with Crippen LogP contribution < -0.4 is 10.4 Å². The molecule has 3 heterocycles. The third-order valence-corrected chi connectivity index (χ3v) is 6.59. The highest BCUT2D eigenvalue weighted by Gasteiger charge is 2.52. The Morgan fingerprint density at radius 3 is 2.36 bits per heavy atom. The molecule has 0 amide bonds. The van der Waals surface area contributed by atoms with Crippen molar-refractivity contribution in [3.8, 4) is 16.9 Å². The van der Waals surface area contributed by atoms with Gasteiger partial charge in [-0.05, 0) is 0 Å². The Morgan fingerprint density at radius 2 is 1.78 bits per heavy atom. The number of nitrogens with one attached hydrogen (secondary N) is 1. The van der Waals surface area contributed by atoms with E-state index in [2.05, 4.69) is 5.16 Å². The van der Waals surface area contributed by atoms with Crippen LogP contribution >= 0.6 is 11.6 Å². The van der Waals surface area contributed by atoms with Crippen LogP contribution in [0, 0.1) is 23.3 Å². The zero-order chi connectivity index (χ0) is 26.3. The fourth-order valence-corrected chi connectivity index (χ4v) is 5.07. The van der Waals surface area contributed by atoms with E-state index in [1.807, 2.05) is 0 Å². The summed E-state index contributed by atoms with van der Waals surface area (Å²) in [6.45, 7) is -0.759. The summed E-state index contributed by atoms with van der Waals surface area (Å²) >= 11 is 5.82. The molecule has 0 unspecified atom stereocenters. The van der Waals surface area contributed by atoms with Gasteiger partial charge in [-0.15, -0.1) is 0 Å². The third kappa shape index (κ3) is 3.60.